The molecule has 0 bridgehead atoms. The molecule has 144 valence electrons. The van der Waals surface area contributed by atoms with Crippen molar-refractivity contribution in [2.45, 2.75) is 19.0 Å². The molecule has 0 atom stereocenters. The summed E-state index contributed by atoms with van der Waals surface area (Å²) in [4.78, 5) is 28.2. The van der Waals surface area contributed by atoms with Crippen LogP contribution < -0.4 is 5.32 Å². The zero-order chi connectivity index (χ0) is 19.9. The molecule has 7 nitrogen and oxygen atoms in total. The van der Waals surface area contributed by atoms with Gasteiger partial charge < -0.3 is 10.1 Å². The molecule has 0 saturated carbocycles. The van der Waals surface area contributed by atoms with Crippen molar-refractivity contribution in [1.29, 1.82) is 0 Å². The molecule has 1 aromatic heterocycles. The second kappa shape index (κ2) is 9.18. The van der Waals surface area contributed by atoms with Gasteiger partial charge in [0.15, 0.2) is 5.82 Å². The lowest BCUT2D eigenvalue weighted by Crippen LogP contribution is -2.14. The number of amides is 1. The first-order chi connectivity index (χ1) is 13.5. The molecule has 0 radical (unpaired) electrons. The Balaban J connectivity index is 1.52. The van der Waals surface area contributed by atoms with E-state index >= 15 is 0 Å². The van der Waals surface area contributed by atoms with E-state index in [9.17, 15) is 9.59 Å². The highest BCUT2D eigenvalue weighted by Gasteiger charge is 2.10. The number of carbonyl (C=O) groups excluding carboxylic acids is 2. The number of aryl methyl sites for hydroxylation is 1. The molecule has 28 heavy (non-hydrogen) atoms. The third-order valence-electron chi connectivity index (χ3n) is 3.80. The maximum Gasteiger partial charge on any atom is 0.338 e. The SMILES string of the molecule is CCOC(=O)c1ccc(NC(=O)CSc2n[nH]c(-c3ccc(C)cc3)n2)cc1. The van der Waals surface area contributed by atoms with Crippen LogP contribution in [0.5, 0.6) is 0 Å². The molecule has 3 rings (SSSR count). The Morgan fingerprint density at radius 2 is 1.82 bits per heavy atom. The first kappa shape index (κ1) is 19.6. The fourth-order valence-corrected chi connectivity index (χ4v) is 2.98. The van der Waals surface area contributed by atoms with Crippen LogP contribution in [-0.2, 0) is 9.53 Å². The van der Waals surface area contributed by atoms with Gasteiger partial charge in [-0.05, 0) is 38.1 Å². The number of anilines is 1. The van der Waals surface area contributed by atoms with E-state index in [2.05, 4.69) is 20.5 Å². The number of esters is 1. The molecule has 0 aliphatic heterocycles. The van der Waals surface area contributed by atoms with E-state index in [-0.39, 0.29) is 17.6 Å². The maximum absolute atomic E-state index is 12.1. The van der Waals surface area contributed by atoms with Crippen LogP contribution in [0.3, 0.4) is 0 Å². The second-order valence-corrected chi connectivity index (χ2v) is 6.91. The van der Waals surface area contributed by atoms with Gasteiger partial charge in [0.25, 0.3) is 0 Å². The lowest BCUT2D eigenvalue weighted by atomic mass is 10.1. The van der Waals surface area contributed by atoms with Gasteiger partial charge in [-0.2, -0.15) is 0 Å². The summed E-state index contributed by atoms with van der Waals surface area (Å²) >= 11 is 1.24. The lowest BCUT2D eigenvalue weighted by molar-refractivity contribution is -0.113. The Kier molecular flexibility index (Phi) is 6.44. The monoisotopic (exact) mass is 396 g/mol. The fourth-order valence-electron chi connectivity index (χ4n) is 2.38. The molecule has 0 unspecified atom stereocenters. The lowest BCUT2D eigenvalue weighted by Gasteiger charge is -2.05. The van der Waals surface area contributed by atoms with Gasteiger partial charge in [0.2, 0.25) is 11.1 Å². The van der Waals surface area contributed by atoms with E-state index in [4.69, 9.17) is 4.74 Å². The number of rotatable bonds is 7. The van der Waals surface area contributed by atoms with E-state index in [0.29, 0.717) is 28.8 Å². The van der Waals surface area contributed by atoms with Gasteiger partial charge in [-0.3, -0.25) is 9.89 Å². The van der Waals surface area contributed by atoms with Crippen LogP contribution >= 0.6 is 11.8 Å². The molecule has 0 saturated heterocycles. The number of thioether (sulfide) groups is 1. The normalized spacial score (nSPS) is 10.5. The van der Waals surface area contributed by atoms with Crippen molar-refractivity contribution in [3.05, 3.63) is 59.7 Å². The maximum atomic E-state index is 12.1. The Bertz CT molecular complexity index is 952. The molecule has 8 heteroatoms. The Labute approximate surface area is 166 Å². The summed E-state index contributed by atoms with van der Waals surface area (Å²) < 4.78 is 4.93. The highest BCUT2D eigenvalue weighted by atomic mass is 32.2. The zero-order valence-electron chi connectivity index (χ0n) is 15.6. The van der Waals surface area contributed by atoms with Crippen molar-refractivity contribution < 1.29 is 14.3 Å². The van der Waals surface area contributed by atoms with Crippen molar-refractivity contribution >= 4 is 29.3 Å². The average Bonchev–Trinajstić information content (AvgIpc) is 3.17. The minimum Gasteiger partial charge on any atom is -0.462 e. The minimum absolute atomic E-state index is 0.171. The molecule has 0 spiro atoms. The van der Waals surface area contributed by atoms with Crippen molar-refractivity contribution in [1.82, 2.24) is 15.2 Å². The number of nitrogens with zero attached hydrogens (tertiary/aromatic N) is 2. The predicted molar refractivity (Wildman–Crippen MR) is 108 cm³/mol. The molecule has 3 aromatic rings. The quantitative estimate of drug-likeness (QED) is 0.467. The van der Waals surface area contributed by atoms with E-state index in [1.807, 2.05) is 31.2 Å². The number of carbonyl (C=O) groups is 2. The van der Waals surface area contributed by atoms with Crippen LogP contribution in [-0.4, -0.2) is 39.4 Å². The molecule has 0 aliphatic rings. The van der Waals surface area contributed by atoms with Gasteiger partial charge in [-0.25, -0.2) is 9.78 Å². The number of aromatic amines is 1. The molecule has 2 N–H and O–H groups in total. The smallest absolute Gasteiger partial charge is 0.338 e. The average molecular weight is 396 g/mol. The number of benzene rings is 2. The molecule has 0 fully saturated rings. The van der Waals surface area contributed by atoms with Crippen LogP contribution in [0.2, 0.25) is 0 Å². The van der Waals surface area contributed by atoms with Gasteiger partial charge in [0, 0.05) is 11.3 Å². The number of H-pyrrole nitrogens is 1. The molecular weight excluding hydrogens is 376 g/mol. The number of ether oxygens (including phenoxy) is 1. The molecule has 2 aromatic carbocycles. The number of aromatic nitrogens is 3. The minimum atomic E-state index is -0.384. The summed E-state index contributed by atoms with van der Waals surface area (Å²) in [6.45, 7) is 4.10. The zero-order valence-corrected chi connectivity index (χ0v) is 16.4. The summed E-state index contributed by atoms with van der Waals surface area (Å²) in [7, 11) is 0. The Morgan fingerprint density at radius 3 is 2.50 bits per heavy atom. The van der Waals surface area contributed by atoms with Crippen LogP contribution in [0.4, 0.5) is 5.69 Å². The van der Waals surface area contributed by atoms with Gasteiger partial charge in [-0.1, -0.05) is 41.6 Å². The number of nitrogens with one attached hydrogen (secondary N) is 2. The van der Waals surface area contributed by atoms with Gasteiger partial charge in [-0.15, -0.1) is 5.10 Å². The highest BCUT2D eigenvalue weighted by Crippen LogP contribution is 2.20. The van der Waals surface area contributed by atoms with E-state index < -0.39 is 0 Å². The Hall–Kier alpha value is -3.13. The summed E-state index contributed by atoms with van der Waals surface area (Å²) in [6, 6.07) is 14.5. The van der Waals surface area contributed by atoms with Gasteiger partial charge in [0.1, 0.15) is 0 Å². The standard InChI is InChI=1S/C20H20N4O3S/c1-3-27-19(26)15-8-10-16(11-9-15)21-17(25)12-28-20-22-18(23-24-20)14-6-4-13(2)5-7-14/h4-11H,3,12H2,1-2H3,(H,21,25)(H,22,23,24). The second-order valence-electron chi connectivity index (χ2n) is 5.97. The Morgan fingerprint density at radius 1 is 1.11 bits per heavy atom. The number of hydrogen-bond donors (Lipinski definition) is 2. The molecule has 0 aliphatic carbocycles. The molecular formula is C20H20N4O3S. The van der Waals surface area contributed by atoms with Crippen LogP contribution in [0.1, 0.15) is 22.8 Å². The first-order valence-electron chi connectivity index (χ1n) is 8.74. The van der Waals surface area contributed by atoms with Crippen molar-refractivity contribution in [2.24, 2.45) is 0 Å². The largest absolute Gasteiger partial charge is 0.462 e. The summed E-state index contributed by atoms with van der Waals surface area (Å²) in [5.74, 6) is 0.267. The fraction of sp³-hybridized carbons (Fsp3) is 0.200. The van der Waals surface area contributed by atoms with Crippen molar-refractivity contribution in [3.8, 4) is 11.4 Å². The molecule has 1 heterocycles. The summed E-state index contributed by atoms with van der Waals surface area (Å²) in [5.41, 5.74) is 3.16. The van der Waals surface area contributed by atoms with E-state index in [1.54, 1.807) is 31.2 Å². The van der Waals surface area contributed by atoms with Crippen LogP contribution in [0, 0.1) is 6.92 Å². The van der Waals surface area contributed by atoms with Crippen molar-refractivity contribution in [2.75, 3.05) is 17.7 Å². The third-order valence-corrected chi connectivity index (χ3v) is 4.65. The third kappa shape index (κ3) is 5.20. The topological polar surface area (TPSA) is 97.0 Å². The van der Waals surface area contributed by atoms with Crippen LogP contribution in [0.15, 0.2) is 53.7 Å². The predicted octanol–water partition coefficient (Wildman–Crippen LogP) is 3.69. The van der Waals surface area contributed by atoms with E-state index in [0.717, 1.165) is 5.56 Å². The van der Waals surface area contributed by atoms with Crippen molar-refractivity contribution in [3.63, 3.8) is 0 Å². The number of hydrogen-bond acceptors (Lipinski definition) is 6. The van der Waals surface area contributed by atoms with Gasteiger partial charge in [0.05, 0.1) is 17.9 Å². The van der Waals surface area contributed by atoms with Gasteiger partial charge >= 0.3 is 5.97 Å². The van der Waals surface area contributed by atoms with E-state index in [1.165, 1.54) is 17.3 Å². The highest BCUT2D eigenvalue weighted by molar-refractivity contribution is 7.99. The van der Waals surface area contributed by atoms with Crippen LogP contribution in [0.25, 0.3) is 11.4 Å². The first-order valence-corrected chi connectivity index (χ1v) is 9.73. The molecule has 1 amide bonds. The summed E-state index contributed by atoms with van der Waals surface area (Å²) in [6.07, 6.45) is 0. The summed E-state index contributed by atoms with van der Waals surface area (Å²) in [5, 5.41) is 10.3.